The van der Waals surface area contributed by atoms with Crippen molar-refractivity contribution in [2.75, 3.05) is 5.32 Å². The van der Waals surface area contributed by atoms with Gasteiger partial charge in [-0.15, -0.1) is 0 Å². The molecule has 1 atom stereocenters. The number of anilines is 1. The summed E-state index contributed by atoms with van der Waals surface area (Å²) < 4.78 is 0. The number of nitrogens with one attached hydrogen (secondary N) is 1. The average Bonchev–Trinajstić information content (AvgIpc) is 2.52. The van der Waals surface area contributed by atoms with Gasteiger partial charge < -0.3 is 5.32 Å². The maximum Gasteiger partial charge on any atom is 0.128 e. The molecule has 0 saturated heterocycles. The van der Waals surface area contributed by atoms with E-state index in [1.807, 2.05) is 30.3 Å². The normalized spacial score (nSPS) is 12.0. The second-order valence-electron chi connectivity index (χ2n) is 5.46. The Balaban J connectivity index is 2.26. The summed E-state index contributed by atoms with van der Waals surface area (Å²) in [5.74, 6) is 0.819. The smallest absolute Gasteiger partial charge is 0.128 e. The van der Waals surface area contributed by atoms with E-state index in [0.717, 1.165) is 36.0 Å². The quantitative estimate of drug-likeness (QED) is 0.787. The lowest BCUT2D eigenvalue weighted by molar-refractivity contribution is 0.563. The van der Waals surface area contributed by atoms with Crippen LogP contribution in [0.25, 0.3) is 10.9 Å². The van der Waals surface area contributed by atoms with Crippen molar-refractivity contribution in [1.29, 1.82) is 5.26 Å². The molecule has 3 nitrogen and oxygen atoms in total. The molecule has 1 aromatic heterocycles. The summed E-state index contributed by atoms with van der Waals surface area (Å²) in [7, 11) is 0. The van der Waals surface area contributed by atoms with Gasteiger partial charge in [-0.25, -0.2) is 4.98 Å². The Hall–Kier alpha value is -2.08. The van der Waals surface area contributed by atoms with Crippen LogP contribution < -0.4 is 5.32 Å². The summed E-state index contributed by atoms with van der Waals surface area (Å²) in [6.07, 6.45) is 5.87. The van der Waals surface area contributed by atoms with Gasteiger partial charge in [0.2, 0.25) is 0 Å². The number of unbranched alkanes of at least 4 members (excludes halogenated alkanes) is 1. The fraction of sp³-hybridized carbons (Fsp3) is 0.444. The third-order valence-electron chi connectivity index (χ3n) is 3.73. The predicted octanol–water partition coefficient (Wildman–Crippen LogP) is 4.88. The van der Waals surface area contributed by atoms with E-state index in [0.29, 0.717) is 11.6 Å². The number of aromatic nitrogens is 1. The van der Waals surface area contributed by atoms with Gasteiger partial charge in [-0.1, -0.05) is 51.3 Å². The molecule has 1 unspecified atom stereocenters. The molecule has 0 aliphatic carbocycles. The maximum absolute atomic E-state index is 9.33. The van der Waals surface area contributed by atoms with Crippen molar-refractivity contribution >= 4 is 16.7 Å². The van der Waals surface area contributed by atoms with Gasteiger partial charge in [0.15, 0.2) is 0 Å². The molecule has 2 rings (SSSR count). The van der Waals surface area contributed by atoms with E-state index < -0.39 is 0 Å². The van der Waals surface area contributed by atoms with Crippen LogP contribution in [0.5, 0.6) is 0 Å². The van der Waals surface area contributed by atoms with Crippen LogP contribution in [-0.2, 0) is 0 Å². The molecule has 3 heteroatoms. The SMILES string of the molecule is CCCCC(CCC)Nc1cc(C#N)c2ccccc2n1. The second-order valence-corrected chi connectivity index (χ2v) is 5.46. The van der Waals surface area contributed by atoms with E-state index in [4.69, 9.17) is 0 Å². The Bertz CT molecular complexity index is 628. The first kappa shape index (κ1) is 15.3. The summed E-state index contributed by atoms with van der Waals surface area (Å²) >= 11 is 0. The highest BCUT2D eigenvalue weighted by atomic mass is 15.0. The molecule has 0 aliphatic rings. The third-order valence-corrected chi connectivity index (χ3v) is 3.73. The number of benzene rings is 1. The van der Waals surface area contributed by atoms with E-state index in [2.05, 4.69) is 30.2 Å². The van der Waals surface area contributed by atoms with Crippen molar-refractivity contribution in [2.24, 2.45) is 0 Å². The number of nitrogens with zero attached hydrogens (tertiary/aromatic N) is 2. The Morgan fingerprint density at radius 2 is 2.00 bits per heavy atom. The van der Waals surface area contributed by atoms with Gasteiger partial charge >= 0.3 is 0 Å². The highest BCUT2D eigenvalue weighted by Gasteiger charge is 2.10. The fourth-order valence-corrected chi connectivity index (χ4v) is 2.64. The standard InChI is InChI=1S/C18H23N3/c1-3-5-9-15(8-4-2)20-18-12-14(13-19)16-10-6-7-11-17(16)21-18/h6-7,10-12,15H,3-5,8-9H2,1-2H3,(H,20,21). The predicted molar refractivity (Wildman–Crippen MR) is 88.3 cm³/mol. The van der Waals surface area contributed by atoms with Gasteiger partial charge in [-0.3, -0.25) is 0 Å². The highest BCUT2D eigenvalue weighted by molar-refractivity contribution is 5.86. The lowest BCUT2D eigenvalue weighted by atomic mass is 10.0. The van der Waals surface area contributed by atoms with Crippen LogP contribution in [-0.4, -0.2) is 11.0 Å². The first-order chi connectivity index (χ1) is 10.3. The van der Waals surface area contributed by atoms with Crippen molar-refractivity contribution in [1.82, 2.24) is 4.98 Å². The Morgan fingerprint density at radius 1 is 1.19 bits per heavy atom. The lowest BCUT2D eigenvalue weighted by Gasteiger charge is -2.19. The van der Waals surface area contributed by atoms with Crippen molar-refractivity contribution in [2.45, 2.75) is 52.0 Å². The molecule has 0 spiro atoms. The van der Waals surface area contributed by atoms with Gasteiger partial charge in [-0.05, 0) is 25.0 Å². The lowest BCUT2D eigenvalue weighted by Crippen LogP contribution is -2.20. The maximum atomic E-state index is 9.33. The molecule has 1 N–H and O–H groups in total. The molecule has 0 saturated carbocycles. The van der Waals surface area contributed by atoms with Gasteiger partial charge in [0.05, 0.1) is 17.1 Å². The van der Waals surface area contributed by atoms with Gasteiger partial charge in [0, 0.05) is 11.4 Å². The van der Waals surface area contributed by atoms with Crippen LogP contribution in [0.4, 0.5) is 5.82 Å². The van der Waals surface area contributed by atoms with Crippen LogP contribution in [0, 0.1) is 11.3 Å². The molecule has 2 aromatic rings. The summed E-state index contributed by atoms with van der Waals surface area (Å²) in [5.41, 5.74) is 1.57. The number of pyridine rings is 1. The van der Waals surface area contributed by atoms with Crippen LogP contribution in [0.15, 0.2) is 30.3 Å². The minimum absolute atomic E-state index is 0.440. The van der Waals surface area contributed by atoms with Gasteiger partial charge in [0.1, 0.15) is 5.82 Å². The number of para-hydroxylation sites is 1. The first-order valence-corrected chi connectivity index (χ1v) is 7.84. The molecular formula is C18H23N3. The van der Waals surface area contributed by atoms with Crippen LogP contribution in [0.1, 0.15) is 51.5 Å². The Morgan fingerprint density at radius 3 is 2.71 bits per heavy atom. The van der Waals surface area contributed by atoms with Crippen molar-refractivity contribution in [3.8, 4) is 6.07 Å². The molecule has 1 aromatic carbocycles. The van der Waals surface area contributed by atoms with Gasteiger partial charge in [0.25, 0.3) is 0 Å². The molecule has 0 amide bonds. The second kappa shape index (κ2) is 7.64. The molecular weight excluding hydrogens is 258 g/mol. The van der Waals surface area contributed by atoms with E-state index in [-0.39, 0.29) is 0 Å². The highest BCUT2D eigenvalue weighted by Crippen LogP contribution is 2.21. The van der Waals surface area contributed by atoms with Crippen molar-refractivity contribution < 1.29 is 0 Å². The molecule has 1 heterocycles. The number of hydrogen-bond donors (Lipinski definition) is 1. The molecule has 0 fully saturated rings. The zero-order chi connectivity index (χ0) is 15.1. The minimum Gasteiger partial charge on any atom is -0.367 e. The number of fused-ring (bicyclic) bond motifs is 1. The van der Waals surface area contributed by atoms with E-state index >= 15 is 0 Å². The average molecular weight is 281 g/mol. The van der Waals surface area contributed by atoms with Crippen molar-refractivity contribution in [3.05, 3.63) is 35.9 Å². The monoisotopic (exact) mass is 281 g/mol. The fourth-order valence-electron chi connectivity index (χ4n) is 2.64. The van der Waals surface area contributed by atoms with Crippen molar-refractivity contribution in [3.63, 3.8) is 0 Å². The van der Waals surface area contributed by atoms with Crippen LogP contribution >= 0.6 is 0 Å². The Labute approximate surface area is 127 Å². The van der Waals surface area contributed by atoms with E-state index in [1.165, 1.54) is 12.8 Å². The molecule has 0 aliphatic heterocycles. The zero-order valence-electron chi connectivity index (χ0n) is 12.9. The summed E-state index contributed by atoms with van der Waals surface area (Å²) in [5, 5.41) is 13.8. The van der Waals surface area contributed by atoms with Crippen LogP contribution in [0.2, 0.25) is 0 Å². The Kier molecular flexibility index (Phi) is 5.57. The molecule has 21 heavy (non-hydrogen) atoms. The topological polar surface area (TPSA) is 48.7 Å². The summed E-state index contributed by atoms with van der Waals surface area (Å²) in [6, 6.07) is 12.4. The summed E-state index contributed by atoms with van der Waals surface area (Å²) in [4.78, 5) is 4.65. The number of rotatable bonds is 7. The summed E-state index contributed by atoms with van der Waals surface area (Å²) in [6.45, 7) is 4.42. The van der Waals surface area contributed by atoms with E-state index in [1.54, 1.807) is 0 Å². The zero-order valence-corrected chi connectivity index (χ0v) is 12.9. The number of hydrogen-bond acceptors (Lipinski definition) is 3. The number of nitriles is 1. The van der Waals surface area contributed by atoms with E-state index in [9.17, 15) is 5.26 Å². The minimum atomic E-state index is 0.440. The third kappa shape index (κ3) is 3.95. The molecule has 110 valence electrons. The van der Waals surface area contributed by atoms with Crippen LogP contribution in [0.3, 0.4) is 0 Å². The molecule has 0 radical (unpaired) electrons. The largest absolute Gasteiger partial charge is 0.367 e. The van der Waals surface area contributed by atoms with Gasteiger partial charge in [-0.2, -0.15) is 5.26 Å². The molecule has 0 bridgehead atoms. The first-order valence-electron chi connectivity index (χ1n) is 7.84.